The van der Waals surface area contributed by atoms with Crippen LogP contribution in [-0.2, 0) is 16.8 Å². The van der Waals surface area contributed by atoms with Gasteiger partial charge in [0, 0.05) is 39.8 Å². The number of ether oxygens (including phenoxy) is 1. The molecule has 19 heavy (non-hydrogen) atoms. The Kier molecular flexibility index (Phi) is 3.87. The quantitative estimate of drug-likeness (QED) is 0.873. The Labute approximate surface area is 115 Å². The normalized spacial score (nSPS) is 22.4. The number of nitrogens with zero attached hydrogens (tertiary/aromatic N) is 1. The average Bonchev–Trinajstić information content (AvgIpc) is 3.28. The van der Waals surface area contributed by atoms with E-state index in [-0.39, 0.29) is 5.60 Å². The summed E-state index contributed by atoms with van der Waals surface area (Å²) in [5.74, 6) is 0. The molecular formula is C16H24N2O. The maximum absolute atomic E-state index is 5.67. The van der Waals surface area contributed by atoms with E-state index in [2.05, 4.69) is 34.5 Å². The van der Waals surface area contributed by atoms with Gasteiger partial charge in [0.25, 0.3) is 0 Å². The highest BCUT2D eigenvalue weighted by Crippen LogP contribution is 2.48. The molecule has 1 saturated heterocycles. The van der Waals surface area contributed by atoms with Gasteiger partial charge in [-0.15, -0.1) is 0 Å². The first-order valence-electron chi connectivity index (χ1n) is 7.40. The van der Waals surface area contributed by atoms with Crippen molar-refractivity contribution in [2.75, 3.05) is 39.8 Å². The van der Waals surface area contributed by atoms with Crippen molar-refractivity contribution < 1.29 is 4.74 Å². The molecule has 0 amide bonds. The molecule has 3 nitrogen and oxygen atoms in total. The van der Waals surface area contributed by atoms with Gasteiger partial charge in [0.1, 0.15) is 0 Å². The maximum Gasteiger partial charge on any atom is 0.0930 e. The van der Waals surface area contributed by atoms with Crippen LogP contribution in [0.15, 0.2) is 24.3 Å². The summed E-state index contributed by atoms with van der Waals surface area (Å²) in [4.78, 5) is 2.55. The summed E-state index contributed by atoms with van der Waals surface area (Å²) in [5.41, 5.74) is 2.86. The highest BCUT2D eigenvalue weighted by Gasteiger charge is 2.44. The number of rotatable bonds is 5. The third-order valence-corrected chi connectivity index (χ3v) is 4.47. The van der Waals surface area contributed by atoms with Crippen LogP contribution < -0.4 is 5.32 Å². The van der Waals surface area contributed by atoms with Crippen LogP contribution in [0.2, 0.25) is 0 Å². The van der Waals surface area contributed by atoms with Crippen LogP contribution in [0.4, 0.5) is 0 Å². The molecule has 1 heterocycles. The Morgan fingerprint density at radius 2 is 2.05 bits per heavy atom. The lowest BCUT2D eigenvalue weighted by Gasteiger charge is -2.27. The van der Waals surface area contributed by atoms with Gasteiger partial charge in [-0.3, -0.25) is 0 Å². The summed E-state index contributed by atoms with van der Waals surface area (Å²) >= 11 is 0. The van der Waals surface area contributed by atoms with Crippen molar-refractivity contribution in [3.8, 4) is 0 Å². The molecule has 1 saturated carbocycles. The molecule has 0 bridgehead atoms. The standard InChI is InChI=1S/C16H24N2O/c1-19-16(6-7-16)15-4-2-3-14(13-15)5-10-18-11-8-17-9-12-18/h2-4,13,17H,5-12H2,1H3. The second-order valence-corrected chi connectivity index (χ2v) is 5.74. The van der Waals surface area contributed by atoms with Crippen LogP contribution in [0.25, 0.3) is 0 Å². The zero-order valence-corrected chi connectivity index (χ0v) is 11.8. The molecule has 0 radical (unpaired) electrons. The van der Waals surface area contributed by atoms with Crippen LogP contribution in [-0.4, -0.2) is 44.7 Å². The van der Waals surface area contributed by atoms with Crippen molar-refractivity contribution >= 4 is 0 Å². The number of hydrogen-bond acceptors (Lipinski definition) is 3. The number of methoxy groups -OCH3 is 1. The molecule has 104 valence electrons. The van der Waals surface area contributed by atoms with Crippen molar-refractivity contribution in [2.24, 2.45) is 0 Å². The van der Waals surface area contributed by atoms with E-state index in [4.69, 9.17) is 4.74 Å². The van der Waals surface area contributed by atoms with Crippen molar-refractivity contribution in [2.45, 2.75) is 24.9 Å². The zero-order valence-electron chi connectivity index (χ0n) is 11.8. The van der Waals surface area contributed by atoms with Gasteiger partial charge in [0.05, 0.1) is 5.60 Å². The Morgan fingerprint density at radius 3 is 2.74 bits per heavy atom. The van der Waals surface area contributed by atoms with E-state index in [1.807, 2.05) is 7.11 Å². The van der Waals surface area contributed by atoms with E-state index in [0.29, 0.717) is 0 Å². The second kappa shape index (κ2) is 5.61. The third-order valence-electron chi connectivity index (χ3n) is 4.47. The highest BCUT2D eigenvalue weighted by atomic mass is 16.5. The van der Waals surface area contributed by atoms with Crippen LogP contribution >= 0.6 is 0 Å². The molecule has 1 aromatic carbocycles. The van der Waals surface area contributed by atoms with Gasteiger partial charge >= 0.3 is 0 Å². The Bertz CT molecular complexity index is 423. The van der Waals surface area contributed by atoms with Crippen molar-refractivity contribution in [1.82, 2.24) is 10.2 Å². The number of nitrogens with one attached hydrogen (secondary N) is 1. The first-order chi connectivity index (χ1) is 9.32. The fraction of sp³-hybridized carbons (Fsp3) is 0.625. The van der Waals surface area contributed by atoms with E-state index < -0.39 is 0 Å². The maximum atomic E-state index is 5.67. The van der Waals surface area contributed by atoms with Gasteiger partial charge < -0.3 is 15.0 Å². The fourth-order valence-electron chi connectivity index (χ4n) is 2.96. The molecule has 0 atom stereocenters. The van der Waals surface area contributed by atoms with Gasteiger partial charge in [0.15, 0.2) is 0 Å². The Hall–Kier alpha value is -0.900. The first-order valence-corrected chi connectivity index (χ1v) is 7.40. The van der Waals surface area contributed by atoms with Crippen LogP contribution in [0.5, 0.6) is 0 Å². The molecular weight excluding hydrogens is 236 g/mol. The third kappa shape index (κ3) is 2.99. The molecule has 0 aromatic heterocycles. The van der Waals surface area contributed by atoms with E-state index >= 15 is 0 Å². The lowest BCUT2D eigenvalue weighted by atomic mass is 10.0. The number of benzene rings is 1. The summed E-state index contributed by atoms with van der Waals surface area (Å²) < 4.78 is 5.67. The molecule has 0 unspecified atom stereocenters. The predicted molar refractivity (Wildman–Crippen MR) is 77.4 cm³/mol. The van der Waals surface area contributed by atoms with Gasteiger partial charge in [-0.1, -0.05) is 24.3 Å². The van der Waals surface area contributed by atoms with Crippen molar-refractivity contribution in [3.63, 3.8) is 0 Å². The summed E-state index contributed by atoms with van der Waals surface area (Å²) in [7, 11) is 1.83. The van der Waals surface area contributed by atoms with Crippen LogP contribution in [0.1, 0.15) is 24.0 Å². The van der Waals surface area contributed by atoms with Crippen molar-refractivity contribution in [1.29, 1.82) is 0 Å². The summed E-state index contributed by atoms with van der Waals surface area (Å²) in [6.45, 7) is 5.80. The fourth-order valence-corrected chi connectivity index (χ4v) is 2.96. The molecule has 2 aliphatic rings. The number of hydrogen-bond donors (Lipinski definition) is 1. The Morgan fingerprint density at radius 1 is 1.26 bits per heavy atom. The highest BCUT2D eigenvalue weighted by molar-refractivity contribution is 5.32. The van der Waals surface area contributed by atoms with Crippen molar-refractivity contribution in [3.05, 3.63) is 35.4 Å². The summed E-state index contributed by atoms with van der Waals surface area (Å²) in [6.07, 6.45) is 3.49. The number of piperazine rings is 1. The molecule has 1 aromatic rings. The molecule has 1 aliphatic carbocycles. The van der Waals surface area contributed by atoms with Gasteiger partial charge in [-0.2, -0.15) is 0 Å². The average molecular weight is 260 g/mol. The SMILES string of the molecule is COC1(c2cccc(CCN3CCNCC3)c2)CC1. The summed E-state index contributed by atoms with van der Waals surface area (Å²) in [6, 6.07) is 8.99. The predicted octanol–water partition coefficient (Wildman–Crippen LogP) is 1.77. The monoisotopic (exact) mass is 260 g/mol. The second-order valence-electron chi connectivity index (χ2n) is 5.74. The minimum absolute atomic E-state index is 0.0467. The van der Waals surface area contributed by atoms with Crippen LogP contribution in [0, 0.1) is 0 Å². The van der Waals surface area contributed by atoms with Gasteiger partial charge in [-0.25, -0.2) is 0 Å². The first kappa shape index (κ1) is 13.1. The molecule has 1 N–H and O–H groups in total. The molecule has 3 rings (SSSR count). The summed E-state index contributed by atoms with van der Waals surface area (Å²) in [5, 5.41) is 3.40. The van der Waals surface area contributed by atoms with Gasteiger partial charge in [0.2, 0.25) is 0 Å². The molecule has 0 spiro atoms. The lowest BCUT2D eigenvalue weighted by molar-refractivity contribution is 0.0788. The van der Waals surface area contributed by atoms with Crippen LogP contribution in [0.3, 0.4) is 0 Å². The topological polar surface area (TPSA) is 24.5 Å². The molecule has 3 heteroatoms. The smallest absolute Gasteiger partial charge is 0.0930 e. The van der Waals surface area contributed by atoms with E-state index in [9.17, 15) is 0 Å². The zero-order chi connectivity index (χ0) is 13.1. The minimum atomic E-state index is 0.0467. The minimum Gasteiger partial charge on any atom is -0.374 e. The van der Waals surface area contributed by atoms with E-state index in [0.717, 1.165) is 19.5 Å². The van der Waals surface area contributed by atoms with E-state index in [1.165, 1.54) is 43.6 Å². The van der Waals surface area contributed by atoms with Gasteiger partial charge in [-0.05, 0) is 30.4 Å². The van der Waals surface area contributed by atoms with E-state index in [1.54, 1.807) is 0 Å². The molecule has 2 fully saturated rings. The lowest BCUT2D eigenvalue weighted by Crippen LogP contribution is -2.44. The molecule has 1 aliphatic heterocycles. The Balaban J connectivity index is 1.60. The largest absolute Gasteiger partial charge is 0.374 e.